The van der Waals surface area contributed by atoms with Gasteiger partial charge in [0.1, 0.15) is 12.6 Å². The molecule has 2 N–H and O–H groups in total. The largest absolute Gasteiger partial charge is 1.00 e. The minimum absolute atomic E-state index is 0. The molecule has 0 aliphatic heterocycles. The molecule has 128 valence electrons. The quantitative estimate of drug-likeness (QED) is 0.271. The number of carbonyl (C=O) groups is 1. The first-order valence-electron chi connectivity index (χ1n) is 7.84. The van der Waals surface area contributed by atoms with Crippen LogP contribution < -0.4 is 35.3 Å². The van der Waals surface area contributed by atoms with Crippen LogP contribution in [0.3, 0.4) is 0 Å². The van der Waals surface area contributed by atoms with Gasteiger partial charge in [0.2, 0.25) is 0 Å². The third kappa shape index (κ3) is 15.3. The second-order valence-corrected chi connectivity index (χ2v) is 6.24. The van der Waals surface area contributed by atoms with Crippen LogP contribution in [0, 0.1) is 0 Å². The molecule has 0 aliphatic carbocycles. The fourth-order valence-electron chi connectivity index (χ4n) is 1.79. The second kappa shape index (κ2) is 15.5. The molecule has 23 heavy (non-hydrogen) atoms. The molecule has 0 heterocycles. The van der Waals surface area contributed by atoms with E-state index in [-0.39, 0.29) is 37.6 Å². The molecule has 0 saturated carbocycles. The Morgan fingerprint density at radius 1 is 1.09 bits per heavy atom. The van der Waals surface area contributed by atoms with E-state index in [0.29, 0.717) is 5.75 Å². The summed E-state index contributed by atoms with van der Waals surface area (Å²) >= 11 is 3.97. The van der Waals surface area contributed by atoms with Crippen molar-refractivity contribution >= 4 is 18.6 Å². The molecule has 0 aromatic carbocycles. The second-order valence-electron chi connectivity index (χ2n) is 5.88. The number of hydrogen-bond donors (Lipinski definition) is 2. The van der Waals surface area contributed by atoms with Crippen molar-refractivity contribution in [2.45, 2.75) is 59.4 Å². The average molecular weight is 350 g/mol. The molecule has 0 aromatic heterocycles. The van der Waals surface area contributed by atoms with E-state index in [2.05, 4.69) is 52.5 Å². The molecule has 0 spiro atoms. The molecule has 3 nitrogen and oxygen atoms in total. The zero-order valence-electron chi connectivity index (χ0n) is 16.4. The van der Waals surface area contributed by atoms with Crippen LogP contribution in [0.2, 0.25) is 0 Å². The van der Waals surface area contributed by atoms with Gasteiger partial charge in [0, 0.05) is 5.75 Å². The van der Waals surface area contributed by atoms with Gasteiger partial charge in [-0.2, -0.15) is 12.6 Å². The molecular weight excluding hydrogens is 317 g/mol. The molecule has 0 amide bonds. The van der Waals surface area contributed by atoms with Crippen LogP contribution >= 0.6 is 12.6 Å². The summed E-state index contributed by atoms with van der Waals surface area (Å²) in [5.41, 5.74) is 9.55. The molecule has 1 atom stereocenters. The zero-order chi connectivity index (χ0) is 17.0. The van der Waals surface area contributed by atoms with Gasteiger partial charge in [0.05, 0.1) is 0 Å². The summed E-state index contributed by atoms with van der Waals surface area (Å²) < 4.78 is 5.06. The summed E-state index contributed by atoms with van der Waals surface area (Å²) in [5.74, 6) is -0.0905. The predicted octanol–water partition coefficient (Wildman–Crippen LogP) is 1.32. The molecule has 0 aliphatic rings. The Morgan fingerprint density at radius 2 is 1.61 bits per heavy atom. The van der Waals surface area contributed by atoms with Gasteiger partial charge >= 0.3 is 35.5 Å². The van der Waals surface area contributed by atoms with Gasteiger partial charge < -0.3 is 11.9 Å². The fraction of sp³-hybridized carbons (Fsp3) is 0.611. The van der Waals surface area contributed by atoms with E-state index in [9.17, 15) is 4.79 Å². The monoisotopic (exact) mass is 349 g/mol. The Bertz CT molecular complexity index is 433. The van der Waals surface area contributed by atoms with Crippen molar-refractivity contribution in [2.75, 3.05) is 12.4 Å². The summed E-state index contributed by atoms with van der Waals surface area (Å²) in [6, 6.07) is -0.636. The number of nitrogens with two attached hydrogens (primary N) is 1. The van der Waals surface area contributed by atoms with Crippen LogP contribution in [-0.4, -0.2) is 24.4 Å². The van der Waals surface area contributed by atoms with Crippen LogP contribution in [0.25, 0.3) is 0 Å². The van der Waals surface area contributed by atoms with Crippen molar-refractivity contribution in [2.24, 2.45) is 5.73 Å². The molecule has 0 rings (SSSR count). The van der Waals surface area contributed by atoms with Crippen molar-refractivity contribution in [1.29, 1.82) is 0 Å². The third-order valence-corrected chi connectivity index (χ3v) is 3.67. The number of esters is 1. The summed E-state index contributed by atoms with van der Waals surface area (Å²) in [4.78, 5) is 11.4. The Kier molecular flexibility index (Phi) is 17.0. The summed E-state index contributed by atoms with van der Waals surface area (Å²) in [6.07, 6.45) is 10.7. The van der Waals surface area contributed by atoms with Crippen LogP contribution in [0.4, 0.5) is 0 Å². The van der Waals surface area contributed by atoms with Gasteiger partial charge in [-0.05, 0) is 59.5 Å². The van der Waals surface area contributed by atoms with Gasteiger partial charge in [-0.25, -0.2) is 0 Å². The predicted molar refractivity (Wildman–Crippen MR) is 99.3 cm³/mol. The van der Waals surface area contributed by atoms with Crippen LogP contribution in [0.15, 0.2) is 34.9 Å². The number of hydrogen-bond acceptors (Lipinski definition) is 4. The van der Waals surface area contributed by atoms with Crippen LogP contribution in [0.1, 0.15) is 54.8 Å². The van der Waals surface area contributed by atoms with Crippen LogP contribution in [-0.2, 0) is 9.53 Å². The average Bonchev–Trinajstić information content (AvgIpc) is 2.45. The minimum atomic E-state index is -0.636. The van der Waals surface area contributed by atoms with Crippen LogP contribution in [0.5, 0.6) is 0 Å². The summed E-state index contributed by atoms with van der Waals surface area (Å²) in [7, 11) is 0. The van der Waals surface area contributed by atoms with E-state index in [4.69, 9.17) is 10.5 Å². The molecule has 0 saturated heterocycles. The standard InChI is InChI=1S/C18H31NO2S.Na.H/c1-14(2)7-5-8-15(3)9-6-10-16(4)11-12-21-18(20)17(19)13-22;;/h7,9,11,17,22H,5-6,8,10,12-13,19H2,1-4H3;;/q;+1;-1/t17-;;/m0../s1. The van der Waals surface area contributed by atoms with E-state index in [1.54, 1.807) is 0 Å². The Labute approximate surface area is 171 Å². The van der Waals surface area contributed by atoms with Crippen molar-refractivity contribution in [3.63, 3.8) is 0 Å². The zero-order valence-corrected chi connectivity index (χ0v) is 18.3. The fourth-order valence-corrected chi connectivity index (χ4v) is 1.94. The molecule has 0 fully saturated rings. The van der Waals surface area contributed by atoms with Crippen molar-refractivity contribution in [3.8, 4) is 0 Å². The molecule has 0 bridgehead atoms. The van der Waals surface area contributed by atoms with Gasteiger partial charge in [-0.1, -0.05) is 28.9 Å². The number of ether oxygens (including phenoxy) is 1. The number of rotatable bonds is 10. The number of thiol groups is 1. The van der Waals surface area contributed by atoms with E-state index >= 15 is 0 Å². The smallest absolute Gasteiger partial charge is 1.00 e. The van der Waals surface area contributed by atoms with Crippen molar-refractivity contribution in [1.82, 2.24) is 0 Å². The third-order valence-electron chi connectivity index (χ3n) is 3.28. The van der Waals surface area contributed by atoms with Gasteiger partial charge in [-0.15, -0.1) is 0 Å². The van der Waals surface area contributed by atoms with E-state index in [1.165, 1.54) is 16.7 Å². The molecule has 5 heteroatoms. The van der Waals surface area contributed by atoms with E-state index in [0.717, 1.165) is 25.7 Å². The first kappa shape index (κ1) is 25.2. The minimum Gasteiger partial charge on any atom is -1.00 e. The SMILES string of the molecule is CC(C)=CCCC(C)=CCCC(C)=CCOC(=O)[C@@H](N)CS.[H-].[Na+]. The number of carbonyl (C=O) groups excluding carboxylic acids is 1. The maximum absolute atomic E-state index is 11.4. The van der Waals surface area contributed by atoms with Crippen molar-refractivity contribution in [3.05, 3.63) is 34.9 Å². The molecule has 0 radical (unpaired) electrons. The van der Waals surface area contributed by atoms with Crippen molar-refractivity contribution < 1.29 is 40.5 Å². The Balaban J connectivity index is -0.00000220. The first-order chi connectivity index (χ1) is 10.4. The Morgan fingerprint density at radius 3 is 2.13 bits per heavy atom. The van der Waals surface area contributed by atoms with Gasteiger partial charge in [-0.3, -0.25) is 4.79 Å². The van der Waals surface area contributed by atoms with Gasteiger partial charge in [0.15, 0.2) is 0 Å². The molecule has 0 unspecified atom stereocenters. The first-order valence-corrected chi connectivity index (χ1v) is 8.47. The number of allylic oxidation sites excluding steroid dienone is 5. The normalized spacial score (nSPS) is 13.1. The summed E-state index contributed by atoms with van der Waals surface area (Å²) in [6.45, 7) is 8.78. The topological polar surface area (TPSA) is 52.3 Å². The maximum atomic E-state index is 11.4. The molecule has 0 aromatic rings. The van der Waals surface area contributed by atoms with E-state index < -0.39 is 12.0 Å². The summed E-state index contributed by atoms with van der Waals surface area (Å²) in [5, 5.41) is 0. The maximum Gasteiger partial charge on any atom is 1.00 e. The van der Waals surface area contributed by atoms with E-state index in [1.807, 2.05) is 6.08 Å². The molecular formula is C18H32NNaO2S. The van der Waals surface area contributed by atoms with Gasteiger partial charge in [0.25, 0.3) is 0 Å². The Hall–Kier alpha value is 0.000000000000000111.